The van der Waals surface area contributed by atoms with Crippen LogP contribution in [-0.2, 0) is 0 Å². The topological polar surface area (TPSA) is 12.9 Å². The zero-order valence-corrected chi connectivity index (χ0v) is 9.38. The van der Waals surface area contributed by atoms with Gasteiger partial charge in [-0.15, -0.1) is 0 Å². The van der Waals surface area contributed by atoms with Crippen LogP contribution in [0, 0.1) is 6.42 Å². The van der Waals surface area contributed by atoms with Crippen molar-refractivity contribution in [1.29, 1.82) is 0 Å². The maximum Gasteiger partial charge on any atom is 0.0704 e. The van der Waals surface area contributed by atoms with E-state index in [-0.39, 0.29) is 0 Å². The first-order valence-electron chi connectivity index (χ1n) is 5.66. The summed E-state index contributed by atoms with van der Waals surface area (Å²) in [6.07, 6.45) is 3.99. The minimum atomic E-state index is 1.04. The van der Waals surface area contributed by atoms with Crippen molar-refractivity contribution in [3.63, 3.8) is 0 Å². The molecule has 0 amide bonds. The average Bonchev–Trinajstić information content (AvgIpc) is 2.40. The fraction of sp³-hybridized carbons (Fsp3) is 0. The van der Waals surface area contributed by atoms with Gasteiger partial charge in [0.2, 0.25) is 0 Å². The Labute approximate surface area is 101 Å². The molecule has 0 unspecified atom stereocenters. The summed E-state index contributed by atoms with van der Waals surface area (Å²) in [5.41, 5.74) is 3.43. The van der Waals surface area contributed by atoms with Gasteiger partial charge in [-0.25, -0.2) is 0 Å². The second-order valence-corrected chi connectivity index (χ2v) is 4.01. The summed E-state index contributed by atoms with van der Waals surface area (Å²) in [5, 5.41) is 1.18. The molecular formula is C16H12N. The van der Waals surface area contributed by atoms with Crippen LogP contribution in [0.2, 0.25) is 0 Å². The summed E-state index contributed by atoms with van der Waals surface area (Å²) in [5.74, 6) is 0. The summed E-state index contributed by atoms with van der Waals surface area (Å²) in [4.78, 5) is 4.36. The Morgan fingerprint density at radius 2 is 1.65 bits per heavy atom. The van der Waals surface area contributed by atoms with E-state index in [0.717, 1.165) is 5.52 Å². The van der Waals surface area contributed by atoms with Gasteiger partial charge in [-0.1, -0.05) is 48.5 Å². The van der Waals surface area contributed by atoms with Gasteiger partial charge in [-0.3, -0.25) is 4.98 Å². The maximum atomic E-state index is 4.36. The Kier molecular flexibility index (Phi) is 2.59. The van der Waals surface area contributed by atoms with E-state index in [2.05, 4.69) is 47.8 Å². The summed E-state index contributed by atoms with van der Waals surface area (Å²) in [7, 11) is 0. The van der Waals surface area contributed by atoms with Crippen LogP contribution >= 0.6 is 0 Å². The molecule has 0 saturated heterocycles. The number of pyridine rings is 1. The van der Waals surface area contributed by atoms with Gasteiger partial charge in [0.25, 0.3) is 0 Å². The lowest BCUT2D eigenvalue weighted by Gasteiger charge is -2.03. The summed E-state index contributed by atoms with van der Waals surface area (Å²) < 4.78 is 0. The standard InChI is InChI=1S/C16H12N/c1-2-5-13(6-3-1)11-14-8-9-15-7-4-10-17-16(15)12-14/h1-12H. The Balaban J connectivity index is 1.96. The van der Waals surface area contributed by atoms with E-state index in [1.165, 1.54) is 16.5 Å². The van der Waals surface area contributed by atoms with Crippen molar-refractivity contribution >= 4 is 10.9 Å². The quantitative estimate of drug-likeness (QED) is 0.637. The van der Waals surface area contributed by atoms with Crippen LogP contribution in [0.5, 0.6) is 0 Å². The first-order valence-corrected chi connectivity index (χ1v) is 5.66. The molecule has 0 N–H and O–H groups in total. The first kappa shape index (κ1) is 10.0. The molecule has 0 saturated carbocycles. The van der Waals surface area contributed by atoms with Crippen LogP contribution in [0.25, 0.3) is 10.9 Å². The van der Waals surface area contributed by atoms with Crippen molar-refractivity contribution < 1.29 is 0 Å². The second-order valence-electron chi connectivity index (χ2n) is 4.01. The fourth-order valence-electron chi connectivity index (χ4n) is 1.91. The molecule has 0 spiro atoms. The van der Waals surface area contributed by atoms with Gasteiger partial charge in [0, 0.05) is 18.0 Å². The molecule has 2 aromatic carbocycles. The van der Waals surface area contributed by atoms with Crippen LogP contribution < -0.4 is 0 Å². The van der Waals surface area contributed by atoms with Gasteiger partial charge in [-0.05, 0) is 23.3 Å². The Morgan fingerprint density at radius 3 is 2.53 bits per heavy atom. The molecule has 0 fully saturated rings. The third-order valence-corrected chi connectivity index (χ3v) is 2.76. The van der Waals surface area contributed by atoms with Crippen molar-refractivity contribution in [3.8, 4) is 0 Å². The molecule has 1 aromatic heterocycles. The predicted octanol–water partition coefficient (Wildman–Crippen LogP) is 3.84. The van der Waals surface area contributed by atoms with Crippen molar-refractivity contribution in [1.82, 2.24) is 4.98 Å². The van der Waals surface area contributed by atoms with Crippen LogP contribution in [-0.4, -0.2) is 4.98 Å². The van der Waals surface area contributed by atoms with Gasteiger partial charge in [-0.2, -0.15) is 0 Å². The first-order chi connectivity index (χ1) is 8.42. The van der Waals surface area contributed by atoms with Crippen LogP contribution in [0.3, 0.4) is 0 Å². The molecule has 1 radical (unpaired) electrons. The fourth-order valence-corrected chi connectivity index (χ4v) is 1.91. The molecule has 3 rings (SSSR count). The molecular weight excluding hydrogens is 206 g/mol. The highest BCUT2D eigenvalue weighted by molar-refractivity contribution is 5.79. The SMILES string of the molecule is [CH](c1ccccc1)c1ccc2cccnc2c1. The number of nitrogens with zero attached hydrogens (tertiary/aromatic N) is 1. The molecule has 0 aliphatic rings. The second kappa shape index (κ2) is 4.38. The zero-order chi connectivity index (χ0) is 11.5. The van der Waals surface area contributed by atoms with E-state index in [1.807, 2.05) is 30.5 Å². The number of fused-ring (bicyclic) bond motifs is 1. The monoisotopic (exact) mass is 218 g/mol. The largest absolute Gasteiger partial charge is 0.256 e. The highest BCUT2D eigenvalue weighted by Gasteiger charge is 1.99. The Bertz CT molecular complexity index is 629. The van der Waals surface area contributed by atoms with E-state index < -0.39 is 0 Å². The van der Waals surface area contributed by atoms with Gasteiger partial charge in [0.1, 0.15) is 0 Å². The van der Waals surface area contributed by atoms with Crippen molar-refractivity contribution in [3.05, 3.63) is 84.4 Å². The van der Waals surface area contributed by atoms with Crippen LogP contribution in [0.4, 0.5) is 0 Å². The third kappa shape index (κ3) is 2.18. The van der Waals surface area contributed by atoms with Crippen molar-refractivity contribution in [2.75, 3.05) is 0 Å². The molecule has 0 atom stereocenters. The van der Waals surface area contributed by atoms with Gasteiger partial charge < -0.3 is 0 Å². The van der Waals surface area contributed by atoms with E-state index in [4.69, 9.17) is 0 Å². The van der Waals surface area contributed by atoms with Gasteiger partial charge in [0.15, 0.2) is 0 Å². The van der Waals surface area contributed by atoms with E-state index in [9.17, 15) is 0 Å². The molecule has 0 aliphatic heterocycles. The van der Waals surface area contributed by atoms with Crippen molar-refractivity contribution in [2.45, 2.75) is 0 Å². The lowest BCUT2D eigenvalue weighted by Crippen LogP contribution is -1.86. The molecule has 0 bridgehead atoms. The number of benzene rings is 2. The van der Waals surface area contributed by atoms with E-state index >= 15 is 0 Å². The molecule has 1 heteroatoms. The molecule has 1 heterocycles. The number of hydrogen-bond acceptors (Lipinski definition) is 1. The highest BCUT2D eigenvalue weighted by atomic mass is 14.6. The summed E-state index contributed by atoms with van der Waals surface area (Å²) >= 11 is 0. The zero-order valence-electron chi connectivity index (χ0n) is 9.38. The third-order valence-electron chi connectivity index (χ3n) is 2.76. The van der Waals surface area contributed by atoms with Crippen LogP contribution in [0.15, 0.2) is 66.9 Å². The van der Waals surface area contributed by atoms with Crippen molar-refractivity contribution in [2.24, 2.45) is 0 Å². The molecule has 17 heavy (non-hydrogen) atoms. The molecule has 0 aliphatic carbocycles. The maximum absolute atomic E-state index is 4.36. The molecule has 81 valence electrons. The minimum Gasteiger partial charge on any atom is -0.256 e. The average molecular weight is 218 g/mol. The number of aromatic nitrogens is 1. The lowest BCUT2D eigenvalue weighted by atomic mass is 10.0. The molecule has 3 aromatic rings. The van der Waals surface area contributed by atoms with E-state index in [1.54, 1.807) is 0 Å². The van der Waals surface area contributed by atoms with Gasteiger partial charge >= 0.3 is 0 Å². The van der Waals surface area contributed by atoms with E-state index in [0.29, 0.717) is 0 Å². The normalized spacial score (nSPS) is 10.6. The Morgan fingerprint density at radius 1 is 0.765 bits per heavy atom. The summed E-state index contributed by atoms with van der Waals surface area (Å²) in [6.45, 7) is 0. The smallest absolute Gasteiger partial charge is 0.0704 e. The Hall–Kier alpha value is -2.15. The molecule has 1 nitrogen and oxygen atoms in total. The summed E-state index contributed by atoms with van der Waals surface area (Å²) in [6, 6.07) is 20.7. The van der Waals surface area contributed by atoms with Gasteiger partial charge in [0.05, 0.1) is 5.52 Å². The van der Waals surface area contributed by atoms with Crippen LogP contribution in [0.1, 0.15) is 11.1 Å². The lowest BCUT2D eigenvalue weighted by molar-refractivity contribution is 1.38. The predicted molar refractivity (Wildman–Crippen MR) is 70.7 cm³/mol. The minimum absolute atomic E-state index is 1.04. The highest BCUT2D eigenvalue weighted by Crippen LogP contribution is 2.17. The number of hydrogen-bond donors (Lipinski definition) is 0. The number of rotatable bonds is 2.